The van der Waals surface area contributed by atoms with Crippen LogP contribution in [-0.4, -0.2) is 24.7 Å². The van der Waals surface area contributed by atoms with Crippen molar-refractivity contribution in [2.75, 3.05) is 0 Å². The first-order valence-corrected chi connectivity index (χ1v) is 19.4. The van der Waals surface area contributed by atoms with Crippen LogP contribution in [0.25, 0.3) is 4.98 Å². The van der Waals surface area contributed by atoms with E-state index in [4.69, 9.17) is 4.98 Å². The molecule has 0 radical (unpaired) electrons. The van der Waals surface area contributed by atoms with E-state index in [9.17, 15) is 0 Å². The van der Waals surface area contributed by atoms with Crippen molar-refractivity contribution in [3.05, 3.63) is 147 Å². The van der Waals surface area contributed by atoms with Crippen LogP contribution in [0.3, 0.4) is 0 Å². The quantitative estimate of drug-likeness (QED) is 0.144. The van der Waals surface area contributed by atoms with Gasteiger partial charge in [0, 0.05) is 27.4 Å². The summed E-state index contributed by atoms with van der Waals surface area (Å²) < 4.78 is 0. The number of nitrogens with zero attached hydrogens (tertiary/aromatic N) is 2. The molecule has 0 spiro atoms. The molecule has 4 heteroatoms. The van der Waals surface area contributed by atoms with Crippen molar-refractivity contribution in [3.63, 3.8) is 0 Å². The minimum atomic E-state index is -2.63. The van der Waals surface area contributed by atoms with E-state index in [1.54, 1.807) is 0 Å². The third kappa shape index (κ3) is 8.82. The average Bonchev–Trinajstić information content (AvgIpc) is 3.64. The summed E-state index contributed by atoms with van der Waals surface area (Å²) in [6, 6.07) is 29.3. The number of allylic oxidation sites excluding steroid dienone is 3. The van der Waals surface area contributed by atoms with Gasteiger partial charge in [0.25, 0.3) is 0 Å². The molecule has 4 unspecified atom stereocenters. The zero-order valence-electron chi connectivity index (χ0n) is 31.3. The second-order valence-corrected chi connectivity index (χ2v) is 18.3. The van der Waals surface area contributed by atoms with Crippen molar-refractivity contribution in [2.45, 2.75) is 110 Å². The van der Waals surface area contributed by atoms with Crippen LogP contribution in [0.4, 0.5) is 0 Å². The Bertz CT molecular complexity index is 1380. The van der Waals surface area contributed by atoms with Crippen LogP contribution in [0.15, 0.2) is 97.1 Å². The van der Waals surface area contributed by atoms with E-state index < -0.39 is 8.24 Å². The molecule has 256 valence electrons. The Morgan fingerprint density at radius 2 is 1.15 bits per heavy atom. The fourth-order valence-corrected chi connectivity index (χ4v) is 13.9. The summed E-state index contributed by atoms with van der Waals surface area (Å²) in [6.07, 6.45) is 18.2. The van der Waals surface area contributed by atoms with Gasteiger partial charge in [-0.15, -0.1) is 5.54 Å². The fraction of sp³-hybridized carbons (Fsp3) is 0.432. The van der Waals surface area contributed by atoms with Crippen LogP contribution in [0.1, 0.15) is 89.0 Å². The van der Waals surface area contributed by atoms with Crippen LogP contribution in [0, 0.1) is 34.1 Å². The summed E-state index contributed by atoms with van der Waals surface area (Å²) in [6.45, 7) is 13.7. The second-order valence-electron chi connectivity index (χ2n) is 14.7. The Balaban J connectivity index is 0.00000200. The van der Waals surface area contributed by atoms with Crippen LogP contribution >= 0.6 is 0 Å². The molecular weight excluding hydrogens is 632 g/mol. The Morgan fingerprint density at radius 1 is 0.688 bits per heavy atom. The summed E-state index contributed by atoms with van der Waals surface area (Å²) in [5.74, 6) is 1.01. The van der Waals surface area contributed by atoms with Crippen molar-refractivity contribution >= 4 is 18.6 Å². The minimum absolute atomic E-state index is 0. The summed E-state index contributed by atoms with van der Waals surface area (Å²) >= 11 is 0. The minimum Gasteiger partial charge on any atom is -0.652 e. The molecule has 2 nitrogen and oxygen atoms in total. The molecule has 1 heterocycles. The third-order valence-electron chi connectivity index (χ3n) is 10.4. The summed E-state index contributed by atoms with van der Waals surface area (Å²) in [7, 11) is -2.63. The standard InChI is InChI=1S/C41H53N2Si.3CH3.Ti/c1-6-8-14-31-20-24-35(25-21-31)44(42-41(3,4)5,36-26-22-32(23-27-36)15-9-7-2)40-28-39(37-18-12-13-19-38(37)40)43-29-33-16-10-11-17-34(33)30-43;;;;/h10-13,16-27,37-40H,6-9,14-15,28-30H2,1-5H3;3*1H3;/q4*-1;+4. The number of aryl methyl sites for hydroxylation is 2. The van der Waals surface area contributed by atoms with Crippen molar-refractivity contribution in [1.82, 2.24) is 4.90 Å². The molecule has 3 aliphatic rings. The van der Waals surface area contributed by atoms with E-state index >= 15 is 0 Å². The second kappa shape index (κ2) is 18.3. The fourth-order valence-electron chi connectivity index (χ4n) is 8.39. The van der Waals surface area contributed by atoms with Gasteiger partial charge in [-0.25, -0.2) is 0 Å². The maximum absolute atomic E-state index is 6.10. The molecule has 48 heavy (non-hydrogen) atoms. The van der Waals surface area contributed by atoms with Gasteiger partial charge in [-0.1, -0.05) is 155 Å². The summed E-state index contributed by atoms with van der Waals surface area (Å²) in [5, 5.41) is 2.98. The molecule has 0 saturated heterocycles. The van der Waals surface area contributed by atoms with Crippen molar-refractivity contribution < 1.29 is 21.7 Å². The van der Waals surface area contributed by atoms with Gasteiger partial charge in [-0.2, -0.15) is 0 Å². The Morgan fingerprint density at radius 3 is 1.58 bits per heavy atom. The van der Waals surface area contributed by atoms with E-state index in [0.29, 0.717) is 23.4 Å². The zero-order valence-corrected chi connectivity index (χ0v) is 33.9. The van der Waals surface area contributed by atoms with Crippen LogP contribution in [0.2, 0.25) is 5.54 Å². The average molecular weight is 695 g/mol. The molecule has 1 fully saturated rings. The van der Waals surface area contributed by atoms with Gasteiger partial charge in [0.15, 0.2) is 0 Å². The van der Waals surface area contributed by atoms with E-state index in [-0.39, 0.29) is 49.5 Å². The normalized spacial score (nSPS) is 21.3. The van der Waals surface area contributed by atoms with Crippen molar-refractivity contribution in [2.24, 2.45) is 11.8 Å². The Labute approximate surface area is 311 Å². The zero-order chi connectivity index (χ0) is 30.7. The molecule has 0 amide bonds. The molecule has 3 aromatic carbocycles. The van der Waals surface area contributed by atoms with Gasteiger partial charge in [-0.05, 0) is 71.7 Å². The molecule has 4 atom stereocenters. The van der Waals surface area contributed by atoms with E-state index in [1.165, 1.54) is 64.7 Å². The first kappa shape index (κ1) is 42.2. The third-order valence-corrected chi connectivity index (χ3v) is 15.6. The first-order chi connectivity index (χ1) is 21.3. The molecular formula is C44H62N2SiTi. The maximum Gasteiger partial charge on any atom is 4.00 e. The van der Waals surface area contributed by atoms with Crippen molar-refractivity contribution in [3.8, 4) is 0 Å². The maximum atomic E-state index is 6.10. The van der Waals surface area contributed by atoms with Crippen LogP contribution in [0.5, 0.6) is 0 Å². The number of benzene rings is 3. The SMILES string of the molecule is CCCCc1ccc([Si]([N-]C(C)(C)C)(c2ccc(CCCC)cc2)C2CC(N3Cc4ccccc4C3)C3C=CC=CC32)cc1.[CH3-].[CH3-].[CH3-].[Ti+4]. The van der Waals surface area contributed by atoms with Gasteiger partial charge in [0.05, 0.1) is 0 Å². The largest absolute Gasteiger partial charge is 4.00 e. The number of hydrogen-bond donors (Lipinski definition) is 0. The van der Waals surface area contributed by atoms with Crippen LogP contribution < -0.4 is 10.4 Å². The number of rotatable bonds is 11. The predicted octanol–water partition coefficient (Wildman–Crippen LogP) is 10.5. The first-order valence-electron chi connectivity index (χ1n) is 17.4. The number of fused-ring (bicyclic) bond motifs is 2. The molecule has 3 aromatic rings. The molecule has 0 N–H and O–H groups in total. The van der Waals surface area contributed by atoms with E-state index in [2.05, 4.69) is 137 Å². The topological polar surface area (TPSA) is 17.3 Å². The molecule has 6 rings (SSSR count). The van der Waals surface area contributed by atoms with Gasteiger partial charge in [0.2, 0.25) is 0 Å². The van der Waals surface area contributed by atoms with Gasteiger partial charge in [-0.3, -0.25) is 4.90 Å². The van der Waals surface area contributed by atoms with Gasteiger partial charge >= 0.3 is 21.7 Å². The van der Waals surface area contributed by atoms with Crippen molar-refractivity contribution in [1.29, 1.82) is 0 Å². The van der Waals surface area contributed by atoms with Gasteiger partial charge < -0.3 is 27.3 Å². The molecule has 0 aromatic heterocycles. The summed E-state index contributed by atoms with van der Waals surface area (Å²) in [5.41, 5.74) is 6.29. The monoisotopic (exact) mass is 694 g/mol. The van der Waals surface area contributed by atoms with E-state index in [1.807, 2.05) is 0 Å². The number of unbranched alkanes of at least 4 members (excludes halogenated alkanes) is 2. The Hall–Kier alpha value is -2.01. The van der Waals surface area contributed by atoms with E-state index in [0.717, 1.165) is 25.9 Å². The predicted molar refractivity (Wildman–Crippen MR) is 211 cm³/mol. The smallest absolute Gasteiger partial charge is 0.652 e. The summed E-state index contributed by atoms with van der Waals surface area (Å²) in [4.78, 5) is 8.90. The molecule has 2 aliphatic carbocycles. The number of hydrogen-bond acceptors (Lipinski definition) is 1. The van der Waals surface area contributed by atoms with Gasteiger partial charge in [0.1, 0.15) is 0 Å². The van der Waals surface area contributed by atoms with Crippen LogP contribution in [-0.2, 0) is 47.6 Å². The molecule has 1 saturated carbocycles. The Kier molecular flexibility index (Phi) is 16.1. The molecule has 1 aliphatic heterocycles. The molecule has 0 bridgehead atoms.